The molecule has 1 amide bonds. The van der Waals surface area contributed by atoms with Crippen LogP contribution in [0.15, 0.2) is 41.3 Å². The van der Waals surface area contributed by atoms with Gasteiger partial charge in [0.05, 0.1) is 15.7 Å². The van der Waals surface area contributed by atoms with Crippen molar-refractivity contribution in [3.63, 3.8) is 0 Å². The lowest BCUT2D eigenvalue weighted by Crippen LogP contribution is -2.16. The van der Waals surface area contributed by atoms with E-state index in [1.807, 2.05) is 0 Å². The summed E-state index contributed by atoms with van der Waals surface area (Å²) in [4.78, 5) is 11.9. The first kappa shape index (κ1) is 17.5. The molecule has 9 heteroatoms. The fourth-order valence-electron chi connectivity index (χ4n) is 1.65. The number of rotatable bonds is 3. The molecule has 0 saturated heterocycles. The van der Waals surface area contributed by atoms with Gasteiger partial charge in [-0.3, -0.25) is 4.79 Å². The molecule has 0 bridgehead atoms. The summed E-state index contributed by atoms with van der Waals surface area (Å²) in [6, 6.07) is 8.93. The molecule has 0 aliphatic rings. The van der Waals surface area contributed by atoms with Crippen LogP contribution in [0.1, 0.15) is 10.4 Å². The number of sulfonamides is 1. The van der Waals surface area contributed by atoms with Crippen molar-refractivity contribution in [2.75, 3.05) is 5.32 Å². The largest absolute Gasteiger partial charge is 0.321 e. The zero-order chi connectivity index (χ0) is 16.5. The minimum absolute atomic E-state index is 0.0497. The maximum absolute atomic E-state index is 12.2. The van der Waals surface area contributed by atoms with Crippen LogP contribution < -0.4 is 10.5 Å². The second-order valence-electron chi connectivity index (χ2n) is 4.27. The number of hydrogen-bond acceptors (Lipinski definition) is 3. The third kappa shape index (κ3) is 4.11. The predicted octanol–water partition coefficient (Wildman–Crippen LogP) is 3.50. The van der Waals surface area contributed by atoms with Crippen LogP contribution in [0.25, 0.3) is 0 Å². The summed E-state index contributed by atoms with van der Waals surface area (Å²) < 4.78 is 23.8. The molecule has 0 fully saturated rings. The first-order valence-electron chi connectivity index (χ1n) is 5.77. The lowest BCUT2D eigenvalue weighted by Gasteiger charge is -2.09. The van der Waals surface area contributed by atoms with Gasteiger partial charge < -0.3 is 5.32 Å². The number of carbonyl (C=O) groups is 1. The summed E-state index contributed by atoms with van der Waals surface area (Å²) in [5.74, 6) is -0.523. The summed E-state index contributed by atoms with van der Waals surface area (Å²) in [6.07, 6.45) is 0. The fourth-order valence-corrected chi connectivity index (χ4v) is 3.62. The van der Waals surface area contributed by atoms with Gasteiger partial charge in [-0.25, -0.2) is 13.6 Å². The molecule has 3 N–H and O–H groups in total. The van der Waals surface area contributed by atoms with Gasteiger partial charge in [-0.1, -0.05) is 23.2 Å². The number of anilines is 1. The molecule has 0 saturated carbocycles. The van der Waals surface area contributed by atoms with Gasteiger partial charge in [0, 0.05) is 9.13 Å². The molecular weight excluding hydrogens is 462 g/mol. The van der Waals surface area contributed by atoms with Crippen molar-refractivity contribution in [2.45, 2.75) is 4.90 Å². The first-order valence-corrected chi connectivity index (χ1v) is 9.15. The molecule has 116 valence electrons. The van der Waals surface area contributed by atoms with Crippen molar-refractivity contribution in [2.24, 2.45) is 5.14 Å². The Labute approximate surface area is 151 Å². The Bertz CT molecular complexity index is 856. The maximum Gasteiger partial charge on any atom is 0.255 e. The van der Waals surface area contributed by atoms with Crippen LogP contribution in [-0.2, 0) is 10.0 Å². The SMILES string of the molecule is NS(=O)(=O)c1cc(C(=O)Nc2ccc(I)cc2Cl)ccc1Cl. The van der Waals surface area contributed by atoms with Crippen molar-refractivity contribution in [1.29, 1.82) is 0 Å². The Morgan fingerprint density at radius 1 is 1.09 bits per heavy atom. The predicted molar refractivity (Wildman–Crippen MR) is 94.9 cm³/mol. The highest BCUT2D eigenvalue weighted by Gasteiger charge is 2.17. The van der Waals surface area contributed by atoms with Gasteiger partial charge in [0.15, 0.2) is 0 Å². The van der Waals surface area contributed by atoms with Crippen LogP contribution in [0.2, 0.25) is 10.0 Å². The summed E-state index contributed by atoms with van der Waals surface area (Å²) in [6.45, 7) is 0. The Morgan fingerprint density at radius 2 is 1.77 bits per heavy atom. The van der Waals surface area contributed by atoms with Gasteiger partial charge in [-0.2, -0.15) is 0 Å². The number of amides is 1. The average Bonchev–Trinajstić information content (AvgIpc) is 2.41. The van der Waals surface area contributed by atoms with E-state index < -0.39 is 15.9 Å². The molecule has 2 aromatic rings. The van der Waals surface area contributed by atoms with E-state index in [4.69, 9.17) is 28.3 Å². The van der Waals surface area contributed by atoms with Crippen molar-refractivity contribution in [1.82, 2.24) is 0 Å². The molecule has 0 radical (unpaired) electrons. The Kier molecular flexibility index (Phi) is 5.33. The fraction of sp³-hybridized carbons (Fsp3) is 0. The van der Waals surface area contributed by atoms with Crippen LogP contribution in [0, 0.1) is 3.57 Å². The molecule has 5 nitrogen and oxygen atoms in total. The highest BCUT2D eigenvalue weighted by atomic mass is 127. The zero-order valence-electron chi connectivity index (χ0n) is 10.8. The molecule has 0 aliphatic heterocycles. The lowest BCUT2D eigenvalue weighted by molar-refractivity contribution is 0.102. The molecule has 0 spiro atoms. The molecule has 22 heavy (non-hydrogen) atoms. The zero-order valence-corrected chi connectivity index (χ0v) is 15.3. The normalized spacial score (nSPS) is 11.3. The second kappa shape index (κ2) is 6.71. The quantitative estimate of drug-likeness (QED) is 0.672. The van der Waals surface area contributed by atoms with Gasteiger partial charge in [-0.05, 0) is 59.0 Å². The number of carbonyl (C=O) groups excluding carboxylic acids is 1. The topological polar surface area (TPSA) is 89.3 Å². The number of halogens is 3. The van der Waals surface area contributed by atoms with Gasteiger partial charge >= 0.3 is 0 Å². The summed E-state index contributed by atoms with van der Waals surface area (Å²) in [5, 5.41) is 7.98. The monoisotopic (exact) mass is 470 g/mol. The summed E-state index contributed by atoms with van der Waals surface area (Å²) in [7, 11) is -4.02. The van der Waals surface area contributed by atoms with E-state index >= 15 is 0 Å². The first-order chi connectivity index (χ1) is 10.2. The van der Waals surface area contributed by atoms with Gasteiger partial charge in [0.2, 0.25) is 10.0 Å². The van der Waals surface area contributed by atoms with Crippen molar-refractivity contribution in [3.05, 3.63) is 55.6 Å². The van der Waals surface area contributed by atoms with E-state index in [0.29, 0.717) is 10.7 Å². The standard InChI is InChI=1S/C13H9Cl2IN2O3S/c14-9-3-1-7(5-12(9)22(17,20)21)13(19)18-11-4-2-8(16)6-10(11)15/h1-6H,(H,18,19)(H2,17,20,21). The molecule has 0 heterocycles. The van der Waals surface area contributed by atoms with Crippen molar-refractivity contribution >= 4 is 67.4 Å². The minimum Gasteiger partial charge on any atom is -0.321 e. The number of benzene rings is 2. The number of nitrogens with two attached hydrogens (primary N) is 1. The Morgan fingerprint density at radius 3 is 2.36 bits per heavy atom. The molecule has 0 atom stereocenters. The van der Waals surface area contributed by atoms with E-state index in [2.05, 4.69) is 27.9 Å². The highest BCUT2D eigenvalue weighted by molar-refractivity contribution is 14.1. The summed E-state index contributed by atoms with van der Waals surface area (Å²) >= 11 is 13.9. The van der Waals surface area contributed by atoms with Crippen LogP contribution in [0.5, 0.6) is 0 Å². The van der Waals surface area contributed by atoms with Gasteiger partial charge in [0.25, 0.3) is 5.91 Å². The maximum atomic E-state index is 12.2. The lowest BCUT2D eigenvalue weighted by atomic mass is 10.2. The Balaban J connectivity index is 2.34. The van der Waals surface area contributed by atoms with E-state index in [-0.39, 0.29) is 15.5 Å². The van der Waals surface area contributed by atoms with E-state index in [0.717, 1.165) is 9.64 Å². The molecule has 0 aliphatic carbocycles. The minimum atomic E-state index is -4.02. The van der Waals surface area contributed by atoms with E-state index in [9.17, 15) is 13.2 Å². The molecule has 2 aromatic carbocycles. The average molecular weight is 471 g/mol. The molecule has 0 unspecified atom stereocenters. The van der Waals surface area contributed by atoms with Crippen molar-refractivity contribution in [3.8, 4) is 0 Å². The highest BCUT2D eigenvalue weighted by Crippen LogP contribution is 2.26. The third-order valence-electron chi connectivity index (χ3n) is 2.68. The van der Waals surface area contributed by atoms with Gasteiger partial charge in [0.1, 0.15) is 4.90 Å². The number of nitrogens with one attached hydrogen (secondary N) is 1. The smallest absolute Gasteiger partial charge is 0.255 e. The van der Waals surface area contributed by atoms with Crippen LogP contribution in [0.4, 0.5) is 5.69 Å². The third-order valence-corrected chi connectivity index (χ3v) is 5.06. The number of hydrogen-bond donors (Lipinski definition) is 2. The van der Waals surface area contributed by atoms with E-state index in [1.165, 1.54) is 12.1 Å². The molecule has 0 aromatic heterocycles. The number of primary sulfonamides is 1. The van der Waals surface area contributed by atoms with Crippen LogP contribution in [0.3, 0.4) is 0 Å². The van der Waals surface area contributed by atoms with Crippen LogP contribution >= 0.6 is 45.8 Å². The molecule has 2 rings (SSSR count). The van der Waals surface area contributed by atoms with Crippen molar-refractivity contribution < 1.29 is 13.2 Å². The summed E-state index contributed by atoms with van der Waals surface area (Å²) in [5.41, 5.74) is 0.516. The van der Waals surface area contributed by atoms with Gasteiger partial charge in [-0.15, -0.1) is 0 Å². The second-order valence-corrected chi connectivity index (χ2v) is 7.86. The van der Waals surface area contributed by atoms with Crippen LogP contribution in [-0.4, -0.2) is 14.3 Å². The van der Waals surface area contributed by atoms with E-state index in [1.54, 1.807) is 18.2 Å². The Hall–Kier alpha value is -0.870. The molecular formula is C13H9Cl2IN2O3S.